The summed E-state index contributed by atoms with van der Waals surface area (Å²) < 4.78 is 12.4. The van der Waals surface area contributed by atoms with E-state index in [1.54, 1.807) is 7.11 Å². The lowest BCUT2D eigenvalue weighted by Crippen LogP contribution is -2.24. The van der Waals surface area contributed by atoms with Gasteiger partial charge < -0.3 is 9.47 Å². The molecule has 1 aliphatic rings. The lowest BCUT2D eigenvalue weighted by Gasteiger charge is -2.30. The van der Waals surface area contributed by atoms with Crippen LogP contribution in [0.4, 0.5) is 0 Å². The first-order valence-corrected chi connectivity index (χ1v) is 7.22. The number of halogens is 1. The van der Waals surface area contributed by atoms with E-state index in [9.17, 15) is 0 Å². The number of benzene rings is 1. The molecule has 1 atom stereocenters. The Kier molecular flexibility index (Phi) is 4.46. The summed E-state index contributed by atoms with van der Waals surface area (Å²) in [5.41, 5.74) is 1.17. The minimum absolute atomic E-state index is 0.169. The van der Waals surface area contributed by atoms with Crippen LogP contribution >= 0.6 is 22.6 Å². The monoisotopic (exact) mass is 332 g/mol. The molecule has 0 aliphatic heterocycles. The third-order valence-corrected chi connectivity index (χ3v) is 3.83. The van der Waals surface area contributed by atoms with Gasteiger partial charge in [0, 0.05) is 9.99 Å². The Morgan fingerprint density at radius 2 is 2.12 bits per heavy atom. The Balaban J connectivity index is 2.11. The van der Waals surface area contributed by atoms with Crippen LogP contribution in [0.25, 0.3) is 0 Å². The molecule has 16 heavy (non-hydrogen) atoms. The quantitative estimate of drug-likeness (QED) is 0.604. The van der Waals surface area contributed by atoms with Gasteiger partial charge in [-0.1, -0.05) is 40.8 Å². The molecule has 3 heteroatoms. The number of methoxy groups -OCH3 is 1. The molecule has 1 unspecified atom stereocenters. The summed E-state index contributed by atoms with van der Waals surface area (Å²) in [5.74, 6) is 0.934. The molecule has 1 aromatic carbocycles. The molecule has 0 N–H and O–H groups in total. The van der Waals surface area contributed by atoms with Crippen LogP contribution in [0.2, 0.25) is 0 Å². The predicted molar refractivity (Wildman–Crippen MR) is 73.3 cm³/mol. The van der Waals surface area contributed by atoms with E-state index in [2.05, 4.69) is 28.7 Å². The molecule has 0 heterocycles. The molecule has 1 aromatic rings. The van der Waals surface area contributed by atoms with Gasteiger partial charge in [-0.15, -0.1) is 0 Å². The molecule has 0 amide bonds. The first-order chi connectivity index (χ1) is 7.85. The number of ether oxygens (including phenoxy) is 2. The zero-order valence-corrected chi connectivity index (χ0v) is 11.6. The third kappa shape index (κ3) is 2.69. The number of rotatable bonds is 5. The maximum atomic E-state index is 6.08. The van der Waals surface area contributed by atoms with E-state index >= 15 is 0 Å². The Morgan fingerprint density at radius 3 is 2.69 bits per heavy atom. The van der Waals surface area contributed by atoms with Crippen molar-refractivity contribution in [3.05, 3.63) is 29.8 Å². The maximum absolute atomic E-state index is 6.08. The summed E-state index contributed by atoms with van der Waals surface area (Å²) in [6, 6.07) is 8.14. The molecule has 88 valence electrons. The van der Waals surface area contributed by atoms with Crippen molar-refractivity contribution in [2.75, 3.05) is 11.5 Å². The van der Waals surface area contributed by atoms with Gasteiger partial charge in [-0.2, -0.15) is 0 Å². The van der Waals surface area contributed by atoms with Crippen molar-refractivity contribution in [2.45, 2.75) is 31.5 Å². The summed E-state index contributed by atoms with van der Waals surface area (Å²) in [6.45, 7) is 0. The van der Waals surface area contributed by atoms with E-state index in [1.165, 1.54) is 24.8 Å². The molecule has 2 rings (SSSR count). The van der Waals surface area contributed by atoms with E-state index < -0.39 is 0 Å². The topological polar surface area (TPSA) is 18.5 Å². The van der Waals surface area contributed by atoms with E-state index in [-0.39, 0.29) is 6.10 Å². The lowest BCUT2D eigenvalue weighted by molar-refractivity contribution is -0.0418. The lowest BCUT2D eigenvalue weighted by atomic mass is 9.95. The van der Waals surface area contributed by atoms with Crippen molar-refractivity contribution >= 4 is 22.6 Å². The standard InChI is InChI=1S/C13H17IO2/c1-15-12-8-3-2-7-11(12)13(9-14)16-10-5-4-6-10/h2-3,7-8,10,13H,4-6,9H2,1H3. The van der Waals surface area contributed by atoms with E-state index in [4.69, 9.17) is 9.47 Å². The largest absolute Gasteiger partial charge is 0.496 e. The molecular formula is C13H17IO2. The van der Waals surface area contributed by atoms with Gasteiger partial charge >= 0.3 is 0 Å². The third-order valence-electron chi connectivity index (χ3n) is 3.03. The number of para-hydroxylation sites is 1. The molecule has 0 saturated heterocycles. The van der Waals surface area contributed by atoms with Crippen LogP contribution in [0.5, 0.6) is 5.75 Å². The predicted octanol–water partition coefficient (Wildman–Crippen LogP) is 3.74. The average molecular weight is 332 g/mol. The zero-order chi connectivity index (χ0) is 11.4. The van der Waals surface area contributed by atoms with Gasteiger partial charge in [-0.05, 0) is 25.3 Å². The minimum Gasteiger partial charge on any atom is -0.496 e. The average Bonchev–Trinajstić information content (AvgIpc) is 2.28. The van der Waals surface area contributed by atoms with Crippen molar-refractivity contribution in [1.82, 2.24) is 0 Å². The SMILES string of the molecule is COc1ccccc1C(CI)OC1CCC1. The molecule has 2 nitrogen and oxygen atoms in total. The molecule has 0 bridgehead atoms. The van der Waals surface area contributed by atoms with Gasteiger partial charge in [0.25, 0.3) is 0 Å². The molecule has 0 spiro atoms. The first-order valence-electron chi connectivity index (χ1n) is 5.69. The highest BCUT2D eigenvalue weighted by Gasteiger charge is 2.24. The fourth-order valence-corrected chi connectivity index (χ4v) is 2.55. The molecular weight excluding hydrogens is 315 g/mol. The fourth-order valence-electron chi connectivity index (χ4n) is 1.86. The van der Waals surface area contributed by atoms with Crippen LogP contribution in [0.3, 0.4) is 0 Å². The molecule has 1 aliphatic carbocycles. The number of hydrogen-bond donors (Lipinski definition) is 0. The Labute approximate surface area is 110 Å². The van der Waals surface area contributed by atoms with Gasteiger partial charge in [0.2, 0.25) is 0 Å². The van der Waals surface area contributed by atoms with Crippen molar-refractivity contribution in [3.63, 3.8) is 0 Å². The van der Waals surface area contributed by atoms with Crippen molar-refractivity contribution in [2.24, 2.45) is 0 Å². The molecule has 1 fully saturated rings. The molecule has 1 saturated carbocycles. The van der Waals surface area contributed by atoms with Gasteiger partial charge in [0.1, 0.15) is 5.75 Å². The summed E-state index contributed by atoms with van der Waals surface area (Å²) in [7, 11) is 1.71. The van der Waals surface area contributed by atoms with E-state index in [0.717, 1.165) is 10.2 Å². The second-order valence-electron chi connectivity index (χ2n) is 4.07. The normalized spacial score (nSPS) is 17.9. The van der Waals surface area contributed by atoms with E-state index in [1.807, 2.05) is 18.2 Å². The smallest absolute Gasteiger partial charge is 0.124 e. The second kappa shape index (κ2) is 5.87. The van der Waals surface area contributed by atoms with E-state index in [0.29, 0.717) is 6.10 Å². The first kappa shape index (κ1) is 12.2. The van der Waals surface area contributed by atoms with Gasteiger partial charge in [0.05, 0.1) is 19.3 Å². The summed E-state index contributed by atoms with van der Waals surface area (Å²) >= 11 is 2.38. The van der Waals surface area contributed by atoms with Crippen molar-refractivity contribution in [1.29, 1.82) is 0 Å². The Bertz CT molecular complexity index is 336. The number of hydrogen-bond acceptors (Lipinski definition) is 2. The highest BCUT2D eigenvalue weighted by Crippen LogP contribution is 2.34. The summed E-state index contributed by atoms with van der Waals surface area (Å²) in [6.07, 6.45) is 4.36. The highest BCUT2D eigenvalue weighted by atomic mass is 127. The van der Waals surface area contributed by atoms with Crippen LogP contribution in [0, 0.1) is 0 Å². The second-order valence-corrected chi connectivity index (χ2v) is 4.95. The van der Waals surface area contributed by atoms with Crippen molar-refractivity contribution < 1.29 is 9.47 Å². The zero-order valence-electron chi connectivity index (χ0n) is 9.49. The van der Waals surface area contributed by atoms with Crippen LogP contribution in [-0.4, -0.2) is 17.6 Å². The highest BCUT2D eigenvalue weighted by molar-refractivity contribution is 14.1. The van der Waals surface area contributed by atoms with Crippen LogP contribution in [0.15, 0.2) is 24.3 Å². The summed E-state index contributed by atoms with van der Waals surface area (Å²) in [4.78, 5) is 0. The minimum atomic E-state index is 0.169. The van der Waals surface area contributed by atoms with Crippen LogP contribution in [-0.2, 0) is 4.74 Å². The molecule has 0 radical (unpaired) electrons. The Hall–Kier alpha value is -0.290. The van der Waals surface area contributed by atoms with Gasteiger partial charge in [-0.25, -0.2) is 0 Å². The van der Waals surface area contributed by atoms with Crippen LogP contribution in [0.1, 0.15) is 30.9 Å². The Morgan fingerprint density at radius 1 is 1.38 bits per heavy atom. The fraction of sp³-hybridized carbons (Fsp3) is 0.538. The maximum Gasteiger partial charge on any atom is 0.124 e. The van der Waals surface area contributed by atoms with Gasteiger partial charge in [0.15, 0.2) is 0 Å². The van der Waals surface area contributed by atoms with Crippen molar-refractivity contribution in [3.8, 4) is 5.75 Å². The number of alkyl halides is 1. The summed E-state index contributed by atoms with van der Waals surface area (Å²) in [5, 5.41) is 0. The van der Waals surface area contributed by atoms with Gasteiger partial charge in [-0.3, -0.25) is 0 Å². The molecule has 0 aromatic heterocycles. The van der Waals surface area contributed by atoms with Crippen LogP contribution < -0.4 is 4.74 Å².